The van der Waals surface area contributed by atoms with Gasteiger partial charge in [0.15, 0.2) is 17.3 Å². The molecule has 0 atom stereocenters. The molecule has 0 aliphatic heterocycles. The van der Waals surface area contributed by atoms with Crippen molar-refractivity contribution in [2.24, 2.45) is 0 Å². The topological polar surface area (TPSA) is 69.3 Å². The second kappa shape index (κ2) is 10.7. The third-order valence-corrected chi connectivity index (χ3v) is 7.20. The zero-order valence-electron chi connectivity index (χ0n) is 16.9. The third-order valence-electron chi connectivity index (χ3n) is 4.59. The fourth-order valence-electron chi connectivity index (χ4n) is 2.93. The van der Waals surface area contributed by atoms with Gasteiger partial charge in [-0.25, -0.2) is 0 Å². The molecular formula is C22H13Cl6N3O3. The minimum Gasteiger partial charge on any atom is -0.482 e. The number of benzene rings is 2. The molecule has 1 N–H and O–H groups in total. The number of nitrogens with one attached hydrogen (secondary N) is 1. The van der Waals surface area contributed by atoms with E-state index in [2.05, 4.69) is 10.4 Å². The van der Waals surface area contributed by atoms with Crippen molar-refractivity contribution in [2.45, 2.75) is 13.2 Å². The van der Waals surface area contributed by atoms with Crippen LogP contribution in [0.25, 0.3) is 0 Å². The van der Waals surface area contributed by atoms with E-state index >= 15 is 0 Å². The van der Waals surface area contributed by atoms with Gasteiger partial charge in [-0.1, -0.05) is 87.8 Å². The standard InChI is InChI=1S/C22H13Cl6N3O3/c23-13-4-2-1-3-11(13)9-31-8-7-15(30-31)29-22(32)14-6-5-12(34-14)10-33-21-19(27)17(25)16(24)18(26)20(21)28/h1-8H,9-10H2,(H,29,30,32). The summed E-state index contributed by atoms with van der Waals surface area (Å²) in [7, 11) is 0. The van der Waals surface area contributed by atoms with Crippen LogP contribution >= 0.6 is 69.6 Å². The highest BCUT2D eigenvalue weighted by Crippen LogP contribution is 2.48. The van der Waals surface area contributed by atoms with Gasteiger partial charge in [-0.2, -0.15) is 5.10 Å². The molecule has 0 saturated carbocycles. The van der Waals surface area contributed by atoms with Crippen molar-refractivity contribution in [3.8, 4) is 5.75 Å². The van der Waals surface area contributed by atoms with Gasteiger partial charge in [-0.3, -0.25) is 9.48 Å². The molecule has 2 aromatic heterocycles. The van der Waals surface area contributed by atoms with Crippen LogP contribution in [-0.2, 0) is 13.2 Å². The Labute approximate surface area is 224 Å². The Balaban J connectivity index is 1.39. The van der Waals surface area contributed by atoms with E-state index in [1.807, 2.05) is 18.2 Å². The summed E-state index contributed by atoms with van der Waals surface area (Å²) in [4.78, 5) is 12.6. The van der Waals surface area contributed by atoms with Crippen LogP contribution in [0.5, 0.6) is 5.75 Å². The van der Waals surface area contributed by atoms with Crippen molar-refractivity contribution in [3.05, 3.63) is 95.9 Å². The fraction of sp³-hybridized carbons (Fsp3) is 0.0909. The van der Waals surface area contributed by atoms with Gasteiger partial charge in [-0.05, 0) is 23.8 Å². The number of hydrogen-bond donors (Lipinski definition) is 1. The van der Waals surface area contributed by atoms with E-state index in [0.717, 1.165) is 5.56 Å². The Kier molecular flexibility index (Phi) is 7.87. The lowest BCUT2D eigenvalue weighted by Gasteiger charge is -2.12. The molecule has 34 heavy (non-hydrogen) atoms. The Morgan fingerprint density at radius 1 is 0.912 bits per heavy atom. The van der Waals surface area contributed by atoms with Gasteiger partial charge in [0.2, 0.25) is 0 Å². The minimum absolute atomic E-state index is 0.0120. The van der Waals surface area contributed by atoms with E-state index in [4.69, 9.17) is 78.8 Å². The average molecular weight is 580 g/mol. The number of carbonyl (C=O) groups excluding carboxylic acids is 1. The molecule has 1 amide bonds. The summed E-state index contributed by atoms with van der Waals surface area (Å²) in [5.74, 6) is 0.319. The molecule has 0 radical (unpaired) electrons. The van der Waals surface area contributed by atoms with Gasteiger partial charge in [0, 0.05) is 17.3 Å². The van der Waals surface area contributed by atoms with Crippen LogP contribution in [0.15, 0.2) is 53.1 Å². The number of carbonyl (C=O) groups is 1. The number of aromatic nitrogens is 2. The summed E-state index contributed by atoms with van der Waals surface area (Å²) < 4.78 is 12.8. The highest BCUT2D eigenvalue weighted by atomic mass is 35.5. The van der Waals surface area contributed by atoms with Crippen LogP contribution in [0.4, 0.5) is 5.82 Å². The Bertz CT molecular complexity index is 1340. The summed E-state index contributed by atoms with van der Waals surface area (Å²) >= 11 is 36.5. The first-order valence-corrected chi connectivity index (χ1v) is 11.8. The molecule has 6 nitrogen and oxygen atoms in total. The van der Waals surface area contributed by atoms with Crippen LogP contribution in [0.2, 0.25) is 30.1 Å². The van der Waals surface area contributed by atoms with Gasteiger partial charge in [0.05, 0.1) is 21.6 Å². The first kappa shape index (κ1) is 25.0. The fourth-order valence-corrected chi connectivity index (χ4v) is 4.35. The maximum Gasteiger partial charge on any atom is 0.292 e. The monoisotopic (exact) mass is 577 g/mol. The van der Waals surface area contributed by atoms with Crippen molar-refractivity contribution in [1.82, 2.24) is 9.78 Å². The van der Waals surface area contributed by atoms with E-state index < -0.39 is 5.91 Å². The van der Waals surface area contributed by atoms with Gasteiger partial charge in [0.1, 0.15) is 22.4 Å². The van der Waals surface area contributed by atoms with Crippen LogP contribution in [0.1, 0.15) is 21.9 Å². The predicted molar refractivity (Wildman–Crippen MR) is 135 cm³/mol. The van der Waals surface area contributed by atoms with E-state index in [-0.39, 0.29) is 43.2 Å². The van der Waals surface area contributed by atoms with Crippen molar-refractivity contribution >= 4 is 81.3 Å². The molecule has 4 rings (SSSR count). The quantitative estimate of drug-likeness (QED) is 0.177. The number of rotatable bonds is 7. The molecule has 176 valence electrons. The van der Waals surface area contributed by atoms with Crippen molar-refractivity contribution in [1.29, 1.82) is 0 Å². The lowest BCUT2D eigenvalue weighted by Crippen LogP contribution is -2.12. The lowest BCUT2D eigenvalue weighted by molar-refractivity contribution is 0.0992. The molecule has 0 unspecified atom stereocenters. The number of nitrogens with zero attached hydrogens (tertiary/aromatic N) is 2. The third kappa shape index (κ3) is 5.43. The summed E-state index contributed by atoms with van der Waals surface area (Å²) in [6, 6.07) is 12.2. The van der Waals surface area contributed by atoms with Gasteiger partial charge in [0.25, 0.3) is 5.91 Å². The zero-order valence-corrected chi connectivity index (χ0v) is 21.5. The Morgan fingerprint density at radius 2 is 1.59 bits per heavy atom. The molecule has 2 heterocycles. The number of anilines is 1. The van der Waals surface area contributed by atoms with E-state index in [1.54, 1.807) is 29.1 Å². The first-order valence-electron chi connectivity index (χ1n) is 9.55. The molecule has 0 aliphatic rings. The van der Waals surface area contributed by atoms with Crippen LogP contribution in [-0.4, -0.2) is 15.7 Å². The minimum atomic E-state index is -0.483. The highest BCUT2D eigenvalue weighted by Gasteiger charge is 2.21. The SMILES string of the molecule is O=C(Nc1ccn(Cc2ccccc2Cl)n1)c1ccc(COc2c(Cl)c(Cl)c(Cl)c(Cl)c2Cl)o1. The predicted octanol–water partition coefficient (Wildman–Crippen LogP) is 8.28. The van der Waals surface area contributed by atoms with Gasteiger partial charge >= 0.3 is 0 Å². The highest BCUT2D eigenvalue weighted by molar-refractivity contribution is 6.55. The maximum absolute atomic E-state index is 12.6. The average Bonchev–Trinajstić information content (AvgIpc) is 3.47. The zero-order chi connectivity index (χ0) is 24.4. The molecule has 0 bridgehead atoms. The molecule has 0 fully saturated rings. The summed E-state index contributed by atoms with van der Waals surface area (Å²) in [6.07, 6.45) is 1.73. The van der Waals surface area contributed by atoms with Crippen LogP contribution in [0, 0.1) is 0 Å². The second-order valence-electron chi connectivity index (χ2n) is 6.90. The summed E-state index contributed by atoms with van der Waals surface area (Å²) in [6.45, 7) is 0.370. The van der Waals surface area contributed by atoms with Gasteiger partial charge in [-0.15, -0.1) is 0 Å². The number of halogens is 6. The van der Waals surface area contributed by atoms with Crippen molar-refractivity contribution in [3.63, 3.8) is 0 Å². The molecule has 12 heteroatoms. The van der Waals surface area contributed by atoms with Crippen LogP contribution < -0.4 is 10.1 Å². The molecule has 0 aliphatic carbocycles. The molecule has 0 spiro atoms. The van der Waals surface area contributed by atoms with E-state index in [0.29, 0.717) is 23.1 Å². The largest absolute Gasteiger partial charge is 0.482 e. The molecule has 0 saturated heterocycles. The first-order chi connectivity index (χ1) is 16.2. The number of furan rings is 1. The summed E-state index contributed by atoms with van der Waals surface area (Å²) in [5, 5.41) is 7.73. The second-order valence-corrected chi connectivity index (χ2v) is 9.19. The smallest absolute Gasteiger partial charge is 0.292 e. The van der Waals surface area contributed by atoms with E-state index in [9.17, 15) is 4.79 Å². The van der Waals surface area contributed by atoms with Crippen molar-refractivity contribution in [2.75, 3.05) is 5.32 Å². The van der Waals surface area contributed by atoms with Crippen molar-refractivity contribution < 1.29 is 13.9 Å². The molecule has 4 aromatic rings. The normalized spacial score (nSPS) is 11.0. The maximum atomic E-state index is 12.6. The van der Waals surface area contributed by atoms with Gasteiger partial charge < -0.3 is 14.5 Å². The molecular weight excluding hydrogens is 567 g/mol. The Hall–Kier alpha value is -2.06. The molecule has 2 aromatic carbocycles. The number of amides is 1. The lowest BCUT2D eigenvalue weighted by atomic mass is 10.2. The summed E-state index contributed by atoms with van der Waals surface area (Å²) in [5.41, 5.74) is 0.907. The van der Waals surface area contributed by atoms with Crippen LogP contribution in [0.3, 0.4) is 0 Å². The number of ether oxygens (including phenoxy) is 1. The number of hydrogen-bond acceptors (Lipinski definition) is 4. The Morgan fingerprint density at radius 3 is 2.29 bits per heavy atom. The van der Waals surface area contributed by atoms with E-state index in [1.165, 1.54) is 6.07 Å².